The molecule has 0 saturated heterocycles. The second-order valence-corrected chi connectivity index (χ2v) is 14.7. The van der Waals surface area contributed by atoms with E-state index in [9.17, 15) is 4.57 Å². The smallest absolute Gasteiger partial charge is 0.383 e. The van der Waals surface area contributed by atoms with E-state index < -0.39 is 7.82 Å². The van der Waals surface area contributed by atoms with Gasteiger partial charge in [-0.25, -0.2) is 0 Å². The summed E-state index contributed by atoms with van der Waals surface area (Å²) in [6.07, 6.45) is 0. The van der Waals surface area contributed by atoms with Crippen molar-refractivity contribution in [2.24, 2.45) is 0 Å². The van der Waals surface area contributed by atoms with Crippen molar-refractivity contribution in [2.45, 2.75) is 0 Å². The summed E-state index contributed by atoms with van der Waals surface area (Å²) in [5.74, 6) is 0.687. The minimum atomic E-state index is -4.35. The minimum Gasteiger partial charge on any atom is -0.383 e. The Hall–Kier alpha value is 1.61. The number of halogens is 9. The third-order valence-electron chi connectivity index (χ3n) is 3.62. The van der Waals surface area contributed by atoms with Gasteiger partial charge >= 0.3 is 7.82 Å². The molecule has 0 spiro atoms. The van der Waals surface area contributed by atoms with E-state index in [1.54, 1.807) is 36.4 Å². The molecule has 0 aliphatic carbocycles. The maximum Gasteiger partial charge on any atom is 0.647 e. The summed E-state index contributed by atoms with van der Waals surface area (Å²) >= 11 is 30.9. The van der Waals surface area contributed by atoms with Crippen LogP contribution in [0.2, 0.25) is 0 Å². The van der Waals surface area contributed by atoms with E-state index >= 15 is 0 Å². The predicted molar refractivity (Wildman–Crippen MR) is 158 cm³/mol. The molecule has 14 heteroatoms. The zero-order valence-electron chi connectivity index (χ0n) is 14.9. The van der Waals surface area contributed by atoms with Crippen molar-refractivity contribution in [3.63, 3.8) is 0 Å². The van der Waals surface area contributed by atoms with Crippen molar-refractivity contribution >= 4 is 151 Å². The Morgan fingerprint density at radius 3 is 0.906 bits per heavy atom. The van der Waals surface area contributed by atoms with Gasteiger partial charge in [-0.3, -0.25) is 0 Å². The normalized spacial score (nSPS) is 11.4. The first-order chi connectivity index (χ1) is 14.9. The molecule has 0 unspecified atom stereocenters. The first-order valence-electron chi connectivity index (χ1n) is 8.03. The fraction of sp³-hybridized carbons (Fsp3) is 0. The Kier molecular flexibility index (Phi) is 10.4. The summed E-state index contributed by atoms with van der Waals surface area (Å²) in [6.45, 7) is 0. The zero-order valence-corrected chi connectivity index (χ0v) is 30.1. The van der Waals surface area contributed by atoms with Crippen molar-refractivity contribution in [1.29, 1.82) is 0 Å². The van der Waals surface area contributed by atoms with Crippen LogP contribution in [0.1, 0.15) is 0 Å². The number of phosphoric ester groups is 1. The Balaban J connectivity index is 2.16. The molecular weight excluding hydrogens is 1030 g/mol. The van der Waals surface area contributed by atoms with Gasteiger partial charge in [-0.05, 0) is 180 Å². The Labute approximate surface area is 259 Å². The standard InChI is InChI=1S/C18H6Br9O4P/c19-7-1-4-10(22)16(13(7)25)29-32(28,30-17-11(23)5-2-8(20)14(17)26)31-18-12(24)6-3-9(21)15(18)27/h1-6H. The van der Waals surface area contributed by atoms with E-state index in [4.69, 9.17) is 13.6 Å². The van der Waals surface area contributed by atoms with Crippen LogP contribution in [0.25, 0.3) is 0 Å². The highest BCUT2D eigenvalue weighted by molar-refractivity contribution is 9.14. The van der Waals surface area contributed by atoms with E-state index in [0.29, 0.717) is 40.3 Å². The molecule has 0 aromatic heterocycles. The lowest BCUT2D eigenvalue weighted by Gasteiger charge is -2.23. The van der Waals surface area contributed by atoms with Gasteiger partial charge in [0, 0.05) is 13.4 Å². The highest BCUT2D eigenvalue weighted by Crippen LogP contribution is 2.58. The fourth-order valence-corrected chi connectivity index (χ4v) is 8.52. The van der Waals surface area contributed by atoms with Crippen LogP contribution in [-0.4, -0.2) is 0 Å². The van der Waals surface area contributed by atoms with E-state index in [-0.39, 0.29) is 17.2 Å². The quantitative estimate of drug-likeness (QED) is 0.182. The van der Waals surface area contributed by atoms with Gasteiger partial charge < -0.3 is 13.6 Å². The number of hydrogen-bond donors (Lipinski definition) is 0. The molecular formula is C18H6Br9O4P. The Morgan fingerprint density at radius 1 is 0.438 bits per heavy atom. The lowest BCUT2D eigenvalue weighted by atomic mass is 10.3. The highest BCUT2D eigenvalue weighted by Gasteiger charge is 2.38. The van der Waals surface area contributed by atoms with E-state index in [0.717, 1.165) is 0 Å². The SMILES string of the molecule is O=P(Oc1c(Br)ccc(Br)c1Br)(Oc1c(Br)ccc(Br)c1Br)Oc1c(Br)ccc(Br)c1Br. The van der Waals surface area contributed by atoms with Crippen molar-refractivity contribution in [2.75, 3.05) is 0 Å². The van der Waals surface area contributed by atoms with Crippen molar-refractivity contribution in [3.05, 3.63) is 76.7 Å². The van der Waals surface area contributed by atoms with Crippen LogP contribution in [0.3, 0.4) is 0 Å². The highest BCUT2D eigenvalue weighted by atomic mass is 79.9. The lowest BCUT2D eigenvalue weighted by Crippen LogP contribution is -2.10. The molecule has 0 amide bonds. The monoisotopic (exact) mass is 1030 g/mol. The molecule has 3 aromatic carbocycles. The van der Waals surface area contributed by atoms with Gasteiger partial charge in [-0.15, -0.1) is 0 Å². The van der Waals surface area contributed by atoms with Crippen molar-refractivity contribution in [1.82, 2.24) is 0 Å². The van der Waals surface area contributed by atoms with Gasteiger partial charge in [-0.1, -0.05) is 0 Å². The molecule has 0 bridgehead atoms. The van der Waals surface area contributed by atoms with Crippen LogP contribution in [0.15, 0.2) is 76.7 Å². The summed E-state index contributed by atoms with van der Waals surface area (Å²) < 4.78 is 37.2. The summed E-state index contributed by atoms with van der Waals surface area (Å²) in [5.41, 5.74) is 0. The van der Waals surface area contributed by atoms with Gasteiger partial charge in [0.2, 0.25) is 0 Å². The van der Waals surface area contributed by atoms with Gasteiger partial charge in [0.05, 0.1) is 26.8 Å². The summed E-state index contributed by atoms with van der Waals surface area (Å²) in [4.78, 5) is 0. The van der Waals surface area contributed by atoms with Gasteiger partial charge in [0.15, 0.2) is 17.2 Å². The zero-order chi connectivity index (χ0) is 23.8. The molecule has 3 rings (SSSR count). The van der Waals surface area contributed by atoms with Gasteiger partial charge in [0.25, 0.3) is 0 Å². The van der Waals surface area contributed by atoms with Crippen LogP contribution in [0, 0.1) is 0 Å². The molecule has 0 saturated carbocycles. The number of benzene rings is 3. The molecule has 0 aliphatic rings. The van der Waals surface area contributed by atoms with E-state index in [1.165, 1.54) is 0 Å². The second-order valence-electron chi connectivity index (χ2n) is 5.74. The van der Waals surface area contributed by atoms with Gasteiger partial charge in [-0.2, -0.15) is 4.57 Å². The van der Waals surface area contributed by atoms with Crippen LogP contribution in [0.5, 0.6) is 17.2 Å². The molecule has 0 heterocycles. The fourth-order valence-electron chi connectivity index (χ4n) is 2.17. The Bertz CT molecular complexity index is 1100. The average Bonchev–Trinajstić information content (AvgIpc) is 2.75. The molecule has 170 valence electrons. The van der Waals surface area contributed by atoms with E-state index in [1.807, 2.05) is 0 Å². The molecule has 3 aromatic rings. The molecule has 0 atom stereocenters. The van der Waals surface area contributed by atoms with Crippen LogP contribution in [-0.2, 0) is 4.57 Å². The second kappa shape index (κ2) is 11.8. The summed E-state index contributed by atoms with van der Waals surface area (Å²) in [5, 5.41) is 0. The van der Waals surface area contributed by atoms with Crippen LogP contribution < -0.4 is 13.6 Å². The number of phosphoric acid groups is 1. The summed E-state index contributed by atoms with van der Waals surface area (Å²) in [7, 11) is -4.35. The molecule has 0 N–H and O–H groups in total. The third-order valence-corrected chi connectivity index (χ3v) is 12.6. The maximum atomic E-state index is 14.1. The molecule has 32 heavy (non-hydrogen) atoms. The third kappa shape index (κ3) is 6.48. The van der Waals surface area contributed by atoms with Crippen molar-refractivity contribution < 1.29 is 18.1 Å². The van der Waals surface area contributed by atoms with E-state index in [2.05, 4.69) is 143 Å². The first-order valence-corrected chi connectivity index (χ1v) is 16.6. The molecule has 0 fully saturated rings. The largest absolute Gasteiger partial charge is 0.647 e. The predicted octanol–water partition coefficient (Wildman–Crippen LogP) is 12.2. The maximum absolute atomic E-state index is 14.1. The Morgan fingerprint density at radius 2 is 0.656 bits per heavy atom. The first kappa shape index (κ1) is 28.2. The van der Waals surface area contributed by atoms with Crippen molar-refractivity contribution in [3.8, 4) is 17.2 Å². The molecule has 4 nitrogen and oxygen atoms in total. The summed E-state index contributed by atoms with van der Waals surface area (Å²) in [6, 6.07) is 10.6. The lowest BCUT2D eigenvalue weighted by molar-refractivity contribution is 0.294. The topological polar surface area (TPSA) is 44.8 Å². The van der Waals surface area contributed by atoms with Crippen LogP contribution in [0.4, 0.5) is 0 Å². The molecule has 0 aliphatic heterocycles. The van der Waals surface area contributed by atoms with Crippen LogP contribution >= 0.6 is 151 Å². The average molecular weight is 1040 g/mol. The minimum absolute atomic E-state index is 0.229. The number of rotatable bonds is 6. The number of hydrogen-bond acceptors (Lipinski definition) is 4. The molecule has 0 radical (unpaired) electrons. The van der Waals surface area contributed by atoms with Gasteiger partial charge in [0.1, 0.15) is 0 Å².